The summed E-state index contributed by atoms with van der Waals surface area (Å²) in [5, 5.41) is 23.3. The van der Waals surface area contributed by atoms with Crippen LogP contribution < -0.4 is 5.32 Å². The van der Waals surface area contributed by atoms with Crippen LogP contribution in [0.4, 0.5) is 0 Å². The van der Waals surface area contributed by atoms with Crippen LogP contribution in [0.5, 0.6) is 0 Å². The fourth-order valence-corrected chi connectivity index (χ4v) is 9.95. The predicted octanol–water partition coefficient (Wildman–Crippen LogP) is 24.4. The van der Waals surface area contributed by atoms with Gasteiger partial charge in [-0.1, -0.05) is 345 Å². The second-order valence-electron chi connectivity index (χ2n) is 23.2. The normalized spacial score (nSPS) is 13.7. The molecular weight excluding hydrogens is 1010 g/mol. The molecule has 0 heterocycles. The van der Waals surface area contributed by atoms with Crippen LogP contribution in [-0.4, -0.2) is 34.9 Å². The molecule has 0 aromatic rings. The van der Waals surface area contributed by atoms with Gasteiger partial charge in [0.25, 0.3) is 0 Å². The molecule has 472 valence electrons. The van der Waals surface area contributed by atoms with Gasteiger partial charge >= 0.3 is 0 Å². The molecule has 0 saturated heterocycles. The first kappa shape index (κ1) is 79.0. The SMILES string of the molecule is CC/C=C\C/C=C\C/C=C\C/C=C\C/C=C\C/C=C\C/C=C\C/C=C\C/C=C\C/C=C\CCCCCCCCCCCCC(=O)NC(CO)C(O)/C=C/CC/C=C/CC/C=C/CCCCCCCCCCCCCCCCCCCCCC. The number of allylic oxidation sites excluding steroid dienone is 25. The van der Waals surface area contributed by atoms with Gasteiger partial charge in [0, 0.05) is 6.42 Å². The molecule has 0 aliphatic carbocycles. The van der Waals surface area contributed by atoms with Crippen molar-refractivity contribution in [2.24, 2.45) is 0 Å². The molecule has 0 aliphatic heterocycles. The number of aliphatic hydroxyl groups is 2. The van der Waals surface area contributed by atoms with Crippen LogP contribution in [-0.2, 0) is 4.79 Å². The van der Waals surface area contributed by atoms with Crippen LogP contribution in [0.1, 0.15) is 316 Å². The van der Waals surface area contributed by atoms with E-state index in [2.05, 4.69) is 165 Å². The van der Waals surface area contributed by atoms with Crippen molar-refractivity contribution in [3.63, 3.8) is 0 Å². The van der Waals surface area contributed by atoms with E-state index in [1.807, 2.05) is 6.08 Å². The number of carbonyl (C=O) groups excluding carboxylic acids is 1. The van der Waals surface area contributed by atoms with Crippen LogP contribution in [0.15, 0.2) is 158 Å². The van der Waals surface area contributed by atoms with Crippen molar-refractivity contribution in [1.82, 2.24) is 5.32 Å². The van der Waals surface area contributed by atoms with E-state index >= 15 is 0 Å². The van der Waals surface area contributed by atoms with Crippen molar-refractivity contribution in [2.75, 3.05) is 6.61 Å². The van der Waals surface area contributed by atoms with Crippen molar-refractivity contribution >= 4 is 5.91 Å². The van der Waals surface area contributed by atoms with E-state index in [0.29, 0.717) is 6.42 Å². The molecule has 0 rings (SSSR count). The van der Waals surface area contributed by atoms with E-state index in [1.54, 1.807) is 6.08 Å². The molecule has 0 radical (unpaired) electrons. The highest BCUT2D eigenvalue weighted by Crippen LogP contribution is 2.17. The summed E-state index contributed by atoms with van der Waals surface area (Å²) in [4.78, 5) is 12.5. The number of aliphatic hydroxyl groups excluding tert-OH is 2. The Hall–Kier alpha value is -3.99. The molecule has 0 saturated carbocycles. The van der Waals surface area contributed by atoms with Gasteiger partial charge < -0.3 is 15.5 Å². The zero-order valence-electron chi connectivity index (χ0n) is 54.4. The van der Waals surface area contributed by atoms with Gasteiger partial charge in [-0.2, -0.15) is 0 Å². The van der Waals surface area contributed by atoms with Crippen LogP contribution in [0.25, 0.3) is 0 Å². The lowest BCUT2D eigenvalue weighted by atomic mass is 10.0. The lowest BCUT2D eigenvalue weighted by molar-refractivity contribution is -0.123. The number of rotatable bonds is 63. The third-order valence-electron chi connectivity index (χ3n) is 15.2. The lowest BCUT2D eigenvalue weighted by Gasteiger charge is -2.19. The molecular formula is C79H133NO3. The summed E-state index contributed by atoms with van der Waals surface area (Å²) in [6.07, 6.45) is 115. The Bertz CT molecular complexity index is 1730. The molecule has 0 fully saturated rings. The Morgan fingerprint density at radius 1 is 0.301 bits per heavy atom. The maximum atomic E-state index is 12.5. The van der Waals surface area contributed by atoms with Gasteiger partial charge in [-0.15, -0.1) is 0 Å². The van der Waals surface area contributed by atoms with E-state index in [-0.39, 0.29) is 12.5 Å². The minimum Gasteiger partial charge on any atom is -0.394 e. The summed E-state index contributed by atoms with van der Waals surface area (Å²) in [5.41, 5.74) is 0. The van der Waals surface area contributed by atoms with Gasteiger partial charge in [0.15, 0.2) is 0 Å². The van der Waals surface area contributed by atoms with Crippen molar-refractivity contribution in [1.29, 1.82) is 0 Å². The Morgan fingerprint density at radius 3 is 0.843 bits per heavy atom. The Kier molecular flexibility index (Phi) is 68.8. The Labute approximate surface area is 516 Å². The number of hydrogen-bond acceptors (Lipinski definition) is 3. The maximum Gasteiger partial charge on any atom is 0.220 e. The van der Waals surface area contributed by atoms with Gasteiger partial charge in [0.2, 0.25) is 5.91 Å². The predicted molar refractivity (Wildman–Crippen MR) is 372 cm³/mol. The smallest absolute Gasteiger partial charge is 0.220 e. The Morgan fingerprint density at radius 2 is 0.542 bits per heavy atom. The minimum absolute atomic E-state index is 0.0863. The molecule has 83 heavy (non-hydrogen) atoms. The second-order valence-corrected chi connectivity index (χ2v) is 23.2. The number of carbonyl (C=O) groups is 1. The van der Waals surface area contributed by atoms with Gasteiger partial charge in [-0.05, 0) is 122 Å². The highest BCUT2D eigenvalue weighted by molar-refractivity contribution is 5.76. The molecule has 4 heteroatoms. The van der Waals surface area contributed by atoms with Crippen LogP contribution in [0.2, 0.25) is 0 Å². The third-order valence-corrected chi connectivity index (χ3v) is 15.2. The largest absolute Gasteiger partial charge is 0.394 e. The van der Waals surface area contributed by atoms with Gasteiger partial charge in [0.1, 0.15) is 0 Å². The maximum absolute atomic E-state index is 12.5. The first-order chi connectivity index (χ1) is 41.2. The number of nitrogens with one attached hydrogen (secondary N) is 1. The molecule has 0 aromatic heterocycles. The summed E-state index contributed by atoms with van der Waals surface area (Å²) in [7, 11) is 0. The molecule has 0 aromatic carbocycles. The molecule has 2 unspecified atom stereocenters. The van der Waals surface area contributed by atoms with Crippen molar-refractivity contribution in [3.8, 4) is 0 Å². The lowest BCUT2D eigenvalue weighted by Crippen LogP contribution is -2.45. The van der Waals surface area contributed by atoms with Gasteiger partial charge in [0.05, 0.1) is 18.8 Å². The monoisotopic (exact) mass is 1140 g/mol. The molecule has 3 N–H and O–H groups in total. The molecule has 0 aliphatic rings. The average Bonchev–Trinajstić information content (AvgIpc) is 3.51. The fraction of sp³-hybridized carbons (Fsp3) is 0.658. The number of unbranched alkanes of at least 4 members (excludes halogenated alkanes) is 32. The van der Waals surface area contributed by atoms with Crippen molar-refractivity contribution in [3.05, 3.63) is 158 Å². The van der Waals surface area contributed by atoms with E-state index in [1.165, 1.54) is 186 Å². The van der Waals surface area contributed by atoms with Gasteiger partial charge in [-0.25, -0.2) is 0 Å². The van der Waals surface area contributed by atoms with Crippen molar-refractivity contribution < 1.29 is 15.0 Å². The summed E-state index contributed by atoms with van der Waals surface area (Å²) < 4.78 is 0. The first-order valence-electron chi connectivity index (χ1n) is 35.2. The van der Waals surface area contributed by atoms with E-state index in [4.69, 9.17) is 0 Å². The highest BCUT2D eigenvalue weighted by atomic mass is 16.3. The average molecular weight is 1140 g/mol. The van der Waals surface area contributed by atoms with E-state index < -0.39 is 12.1 Å². The molecule has 0 bridgehead atoms. The molecule has 1 amide bonds. The zero-order chi connectivity index (χ0) is 59.8. The molecule has 2 atom stereocenters. The van der Waals surface area contributed by atoms with Crippen LogP contribution in [0.3, 0.4) is 0 Å². The third kappa shape index (κ3) is 68.7. The van der Waals surface area contributed by atoms with E-state index in [9.17, 15) is 15.0 Å². The first-order valence-corrected chi connectivity index (χ1v) is 35.2. The van der Waals surface area contributed by atoms with Crippen LogP contribution >= 0.6 is 0 Å². The quantitative estimate of drug-likeness (QED) is 0.0420. The number of hydrogen-bond donors (Lipinski definition) is 3. The van der Waals surface area contributed by atoms with Gasteiger partial charge in [-0.3, -0.25) is 4.79 Å². The highest BCUT2D eigenvalue weighted by Gasteiger charge is 2.18. The van der Waals surface area contributed by atoms with E-state index in [0.717, 1.165) is 109 Å². The standard InChI is InChI=1S/C79H133NO3/c1-3-5-7-9-11-13-15-17-19-21-23-25-27-29-31-33-35-36-37-38-39-40-41-42-43-44-45-47-49-51-53-55-57-59-61-63-65-67-69-71-73-75-79(83)80-77(76-81)78(82)74-72-70-68-66-64-62-60-58-56-54-52-50-48-46-34-32-30-28-26-24-22-20-18-16-14-12-10-8-6-4-2/h5,7,11,13,17,19,23,25,29,31,35-36,38-39,41-42,44-45,49,51,56,58,64,66,72,74,77-78,81-82H,3-4,6,8-10,12,14-16,18,20-22,24,26-28,30,32-34,37,40,43,46-48,50,52-55,57,59-63,65,67-71,73,75-76H2,1-2H3,(H,80,83)/b7-5-,13-11-,19-17-,25-23-,31-29-,36-35-,39-38-,42-41-,45-44-,51-49-,58-56+,66-64+,74-72+. The summed E-state index contributed by atoms with van der Waals surface area (Å²) in [6, 6.07) is -0.661. The molecule has 4 nitrogen and oxygen atoms in total. The van der Waals surface area contributed by atoms with Crippen molar-refractivity contribution in [2.45, 2.75) is 328 Å². The molecule has 0 spiro atoms. The summed E-state index contributed by atoms with van der Waals surface area (Å²) >= 11 is 0. The topological polar surface area (TPSA) is 69.6 Å². The summed E-state index contributed by atoms with van der Waals surface area (Å²) in [6.45, 7) is 4.19. The van der Waals surface area contributed by atoms with Crippen LogP contribution in [0, 0.1) is 0 Å². The zero-order valence-corrected chi connectivity index (χ0v) is 54.4. The summed E-state index contributed by atoms with van der Waals surface area (Å²) in [5.74, 6) is -0.0863. The number of amides is 1. The Balaban J connectivity index is 3.62. The minimum atomic E-state index is -0.885. The fourth-order valence-electron chi connectivity index (χ4n) is 9.95. The second kappa shape index (κ2) is 72.3.